The molecule has 1 saturated heterocycles. The second kappa shape index (κ2) is 12.0. The number of aliphatic hydroxyl groups excluding tert-OH is 1. The summed E-state index contributed by atoms with van der Waals surface area (Å²) in [5.41, 5.74) is -0.357. The molecular formula is C27H37FN4O5S. The number of likely N-dealkylation sites (N-methyl/N-ethyl adjacent to an activating group) is 1. The third-order valence-corrected chi connectivity index (χ3v) is 8.81. The van der Waals surface area contributed by atoms with Gasteiger partial charge in [0, 0.05) is 44.9 Å². The maximum Gasteiger partial charge on any atom is 0.301 e. The molecule has 0 saturated carbocycles. The van der Waals surface area contributed by atoms with E-state index in [1.807, 2.05) is 0 Å². The molecule has 2 aromatic rings. The first-order valence-corrected chi connectivity index (χ1v) is 14.4. The highest BCUT2D eigenvalue weighted by atomic mass is 32.2. The first kappa shape index (κ1) is 28.3. The predicted octanol–water partition coefficient (Wildman–Crippen LogP) is 2.70. The van der Waals surface area contributed by atoms with Crippen molar-refractivity contribution < 1.29 is 27.4 Å². The number of nitrogens with one attached hydrogen (secondary N) is 1. The van der Waals surface area contributed by atoms with Crippen LogP contribution in [-0.2, 0) is 14.8 Å². The normalized spacial score (nSPS) is 22.2. The molecule has 2 atom stereocenters. The second-order valence-electron chi connectivity index (χ2n) is 10.3. The number of amidine groups is 1. The largest absolute Gasteiger partial charge is 0.492 e. The zero-order valence-corrected chi connectivity index (χ0v) is 23.0. The van der Waals surface area contributed by atoms with Gasteiger partial charge in [-0.1, -0.05) is 30.3 Å². The Morgan fingerprint density at radius 1 is 1.16 bits per heavy atom. The Balaban J connectivity index is 1.44. The fraction of sp³-hybridized carbons (Fsp3) is 0.519. The molecule has 0 radical (unpaired) electrons. The lowest BCUT2D eigenvalue weighted by molar-refractivity contribution is 0.0759. The van der Waals surface area contributed by atoms with Gasteiger partial charge in [0.25, 0.3) is 10.0 Å². The van der Waals surface area contributed by atoms with Gasteiger partial charge >= 0.3 is 6.02 Å². The molecule has 0 bridgehead atoms. The predicted molar refractivity (Wildman–Crippen MR) is 144 cm³/mol. The Bertz CT molecular complexity index is 1210. The molecule has 0 spiro atoms. The van der Waals surface area contributed by atoms with Crippen LogP contribution in [0.2, 0.25) is 0 Å². The van der Waals surface area contributed by atoms with Gasteiger partial charge < -0.3 is 24.8 Å². The average Bonchev–Trinajstić information content (AvgIpc) is 2.85. The molecule has 4 rings (SSSR count). The van der Waals surface area contributed by atoms with E-state index in [4.69, 9.17) is 9.47 Å². The third kappa shape index (κ3) is 6.82. The Hall–Kier alpha value is -2.73. The summed E-state index contributed by atoms with van der Waals surface area (Å²) < 4.78 is 56.8. The van der Waals surface area contributed by atoms with E-state index in [1.165, 1.54) is 6.07 Å². The molecule has 2 aliphatic heterocycles. The molecule has 2 N–H and O–H groups in total. The summed E-state index contributed by atoms with van der Waals surface area (Å²) in [5, 5.41) is 11.3. The highest BCUT2D eigenvalue weighted by molar-refractivity contribution is 7.90. The second-order valence-corrected chi connectivity index (χ2v) is 12.0. The summed E-state index contributed by atoms with van der Waals surface area (Å²) in [6, 6.07) is 12.1. The lowest BCUT2D eigenvalue weighted by atomic mass is 9.97. The number of hydrogen-bond acceptors (Lipinski definition) is 8. The van der Waals surface area contributed by atoms with Crippen molar-refractivity contribution in [2.45, 2.75) is 37.2 Å². The van der Waals surface area contributed by atoms with Crippen LogP contribution >= 0.6 is 0 Å². The average molecular weight is 549 g/mol. The van der Waals surface area contributed by atoms with Crippen LogP contribution in [0.25, 0.3) is 0 Å². The van der Waals surface area contributed by atoms with Crippen molar-refractivity contribution in [1.29, 1.82) is 0 Å². The summed E-state index contributed by atoms with van der Waals surface area (Å²) in [4.78, 5) is 4.67. The molecule has 38 heavy (non-hydrogen) atoms. The molecule has 1 unspecified atom stereocenters. The van der Waals surface area contributed by atoms with Crippen molar-refractivity contribution in [3.05, 3.63) is 65.5 Å². The number of nitrogens with zero attached hydrogens (tertiary/aromatic N) is 3. The van der Waals surface area contributed by atoms with Crippen LogP contribution < -0.4 is 10.1 Å². The van der Waals surface area contributed by atoms with Crippen molar-refractivity contribution in [3.8, 4) is 5.75 Å². The molecule has 208 valence electrons. The lowest BCUT2D eigenvalue weighted by Gasteiger charge is -2.38. The number of benzene rings is 2. The van der Waals surface area contributed by atoms with Crippen LogP contribution in [0.3, 0.4) is 0 Å². The number of halogens is 1. The number of ether oxygens (including phenoxy) is 2. The minimum absolute atomic E-state index is 0.142. The fourth-order valence-electron chi connectivity index (χ4n) is 4.92. The van der Waals surface area contributed by atoms with E-state index < -0.39 is 32.7 Å². The number of rotatable bonds is 9. The maximum atomic E-state index is 14.4. The zero-order chi connectivity index (χ0) is 27.3. The zero-order valence-electron chi connectivity index (χ0n) is 22.1. The molecule has 0 amide bonds. The van der Waals surface area contributed by atoms with Crippen LogP contribution in [0.4, 0.5) is 4.39 Å². The quantitative estimate of drug-likeness (QED) is 0.493. The standard InChI is InChI=1S/C27H37FN4O5S/c1-27(2)25(20-8-10-21(11-9-20)36-19-17-32-15-13-31(3)14-16-32)38(34,35)30-26(37-27)29-24(12-18-33)22-6-4-5-7-23(22)28/h4-11,24-25,33H,12-19H2,1-3H3,(H,29,30)/t24-,25?/m0/s1. The molecule has 2 aromatic carbocycles. The molecule has 9 nitrogen and oxygen atoms in total. The van der Waals surface area contributed by atoms with Gasteiger partial charge in [-0.15, -0.1) is 4.40 Å². The van der Waals surface area contributed by atoms with Gasteiger partial charge in [0.2, 0.25) is 0 Å². The number of piperazine rings is 1. The first-order chi connectivity index (χ1) is 18.1. The Labute approximate surface area is 224 Å². The molecule has 1 fully saturated rings. The summed E-state index contributed by atoms with van der Waals surface area (Å²) >= 11 is 0. The number of aliphatic hydroxyl groups is 1. The summed E-state index contributed by atoms with van der Waals surface area (Å²) in [5.74, 6) is 0.193. The van der Waals surface area contributed by atoms with Crippen molar-refractivity contribution >= 4 is 16.0 Å². The van der Waals surface area contributed by atoms with E-state index in [0.29, 0.717) is 17.9 Å². The monoisotopic (exact) mass is 548 g/mol. The Kier molecular flexibility index (Phi) is 8.92. The minimum Gasteiger partial charge on any atom is -0.492 e. The van der Waals surface area contributed by atoms with Crippen molar-refractivity contribution in [2.75, 3.05) is 53.0 Å². The Morgan fingerprint density at radius 3 is 2.47 bits per heavy atom. The Morgan fingerprint density at radius 2 is 1.84 bits per heavy atom. The minimum atomic E-state index is -4.04. The van der Waals surface area contributed by atoms with E-state index in [-0.39, 0.29) is 24.6 Å². The van der Waals surface area contributed by atoms with Crippen LogP contribution in [-0.4, -0.2) is 87.9 Å². The molecule has 0 aliphatic carbocycles. The van der Waals surface area contributed by atoms with Crippen molar-refractivity contribution in [1.82, 2.24) is 15.1 Å². The smallest absolute Gasteiger partial charge is 0.301 e. The van der Waals surface area contributed by atoms with E-state index in [2.05, 4.69) is 26.6 Å². The molecule has 2 aliphatic rings. The van der Waals surface area contributed by atoms with Gasteiger partial charge in [-0.25, -0.2) is 12.8 Å². The van der Waals surface area contributed by atoms with Gasteiger partial charge in [-0.05, 0) is 51.1 Å². The van der Waals surface area contributed by atoms with Crippen molar-refractivity contribution in [3.63, 3.8) is 0 Å². The number of sulfonamides is 1. The van der Waals surface area contributed by atoms with E-state index in [1.54, 1.807) is 56.3 Å². The van der Waals surface area contributed by atoms with Crippen LogP contribution in [0.5, 0.6) is 5.75 Å². The first-order valence-electron chi connectivity index (χ1n) is 12.9. The summed E-state index contributed by atoms with van der Waals surface area (Å²) in [6.07, 6.45) is 0.142. The van der Waals surface area contributed by atoms with Gasteiger partial charge in [-0.3, -0.25) is 4.90 Å². The van der Waals surface area contributed by atoms with Crippen LogP contribution in [0, 0.1) is 5.82 Å². The topological polar surface area (TPSA) is 104 Å². The van der Waals surface area contributed by atoms with E-state index in [0.717, 1.165) is 32.7 Å². The highest BCUT2D eigenvalue weighted by Gasteiger charge is 2.47. The third-order valence-electron chi connectivity index (χ3n) is 6.95. The number of hydrogen-bond donors (Lipinski definition) is 2. The lowest BCUT2D eigenvalue weighted by Crippen LogP contribution is -2.47. The molecular weight excluding hydrogens is 511 g/mol. The molecule has 2 heterocycles. The van der Waals surface area contributed by atoms with Crippen LogP contribution in [0.1, 0.15) is 42.7 Å². The molecule has 11 heteroatoms. The summed E-state index contributed by atoms with van der Waals surface area (Å²) in [7, 11) is -1.92. The van der Waals surface area contributed by atoms with E-state index >= 15 is 0 Å². The van der Waals surface area contributed by atoms with Crippen molar-refractivity contribution in [2.24, 2.45) is 4.40 Å². The van der Waals surface area contributed by atoms with Gasteiger partial charge in [0.05, 0.1) is 6.04 Å². The SMILES string of the molecule is CN1CCN(CCOc2ccc(C3C(C)(C)OC(N[C@@H](CCO)c4ccccc4F)=NS3(=O)=O)cc2)CC1. The van der Waals surface area contributed by atoms with Crippen LogP contribution in [0.15, 0.2) is 52.9 Å². The highest BCUT2D eigenvalue weighted by Crippen LogP contribution is 2.41. The summed E-state index contributed by atoms with van der Waals surface area (Å²) in [6.45, 7) is 8.64. The van der Waals surface area contributed by atoms with E-state index in [9.17, 15) is 17.9 Å². The molecule has 0 aromatic heterocycles. The fourth-order valence-corrected chi connectivity index (χ4v) is 6.61. The van der Waals surface area contributed by atoms with Gasteiger partial charge in [-0.2, -0.15) is 0 Å². The van der Waals surface area contributed by atoms with Gasteiger partial charge in [0.15, 0.2) is 0 Å². The maximum absolute atomic E-state index is 14.4. The van der Waals surface area contributed by atoms with Gasteiger partial charge in [0.1, 0.15) is 29.0 Å².